The number of hydrogen-bond donors (Lipinski definition) is 2. The van der Waals surface area contributed by atoms with Crippen molar-refractivity contribution in [2.45, 2.75) is 13.3 Å². The third-order valence-corrected chi connectivity index (χ3v) is 6.83. The molecular formula is C23H24IN7S. The molecule has 32 heavy (non-hydrogen) atoms. The van der Waals surface area contributed by atoms with E-state index in [2.05, 4.69) is 84.3 Å². The maximum Gasteiger partial charge on any atom is 0.227 e. The van der Waals surface area contributed by atoms with Gasteiger partial charge < -0.3 is 20.4 Å². The summed E-state index contributed by atoms with van der Waals surface area (Å²) in [7, 11) is 2.16. The molecule has 0 atom stereocenters. The van der Waals surface area contributed by atoms with Gasteiger partial charge in [0.15, 0.2) is 0 Å². The van der Waals surface area contributed by atoms with Crippen molar-refractivity contribution in [3.63, 3.8) is 0 Å². The lowest BCUT2D eigenvalue weighted by molar-refractivity contribution is 0.313. The first kappa shape index (κ1) is 21.5. The summed E-state index contributed by atoms with van der Waals surface area (Å²) >= 11 is 7.84. The minimum atomic E-state index is 0.557. The first-order valence-electron chi connectivity index (χ1n) is 10.6. The molecule has 2 aliphatic heterocycles. The molecule has 0 bridgehead atoms. The molecule has 0 aliphatic carbocycles. The predicted molar refractivity (Wildman–Crippen MR) is 142 cm³/mol. The minimum Gasteiger partial charge on any atom is -0.368 e. The number of benzene rings is 1. The summed E-state index contributed by atoms with van der Waals surface area (Å²) in [6.07, 6.45) is 4.45. The van der Waals surface area contributed by atoms with E-state index in [1.807, 2.05) is 19.3 Å². The predicted octanol–water partition coefficient (Wildman–Crippen LogP) is 4.24. The van der Waals surface area contributed by atoms with E-state index in [1.54, 1.807) is 0 Å². The Bertz CT molecular complexity index is 1190. The fraction of sp³-hybridized carbons (Fsp3) is 0.304. The molecule has 0 radical (unpaired) electrons. The molecule has 0 saturated carbocycles. The van der Waals surface area contributed by atoms with E-state index in [-0.39, 0.29) is 0 Å². The normalized spacial score (nSPS) is 16.1. The highest BCUT2D eigenvalue weighted by molar-refractivity contribution is 14.1. The van der Waals surface area contributed by atoms with Crippen LogP contribution < -0.4 is 15.5 Å². The summed E-state index contributed by atoms with van der Waals surface area (Å²) in [5, 5.41) is 6.76. The molecule has 1 saturated heterocycles. The van der Waals surface area contributed by atoms with Gasteiger partial charge in [-0.1, -0.05) is 12.2 Å². The molecule has 0 unspecified atom stereocenters. The second-order valence-electron chi connectivity index (χ2n) is 8.22. The van der Waals surface area contributed by atoms with Crippen molar-refractivity contribution in [2.75, 3.05) is 48.8 Å². The van der Waals surface area contributed by atoms with E-state index < -0.39 is 0 Å². The Morgan fingerprint density at radius 3 is 2.72 bits per heavy atom. The highest BCUT2D eigenvalue weighted by Crippen LogP contribution is 2.34. The van der Waals surface area contributed by atoms with Gasteiger partial charge >= 0.3 is 0 Å². The number of hydrogen-bond acceptors (Lipinski definition) is 7. The molecule has 0 spiro atoms. The SMILES string of the molecule is Cc1ncc(N2CCN(C)CC2)cc1Nc1ncc2c(n1)-c1ccc(I)cc1NC(=S)C2. The van der Waals surface area contributed by atoms with Gasteiger partial charge in [0, 0.05) is 59.2 Å². The Labute approximate surface area is 206 Å². The van der Waals surface area contributed by atoms with Crippen LogP contribution >= 0.6 is 34.8 Å². The van der Waals surface area contributed by atoms with E-state index in [0.717, 1.165) is 74.3 Å². The van der Waals surface area contributed by atoms with Crippen LogP contribution in [0.5, 0.6) is 0 Å². The number of aryl methyl sites for hydroxylation is 1. The highest BCUT2D eigenvalue weighted by atomic mass is 127. The first-order valence-corrected chi connectivity index (χ1v) is 12.1. The third-order valence-electron chi connectivity index (χ3n) is 5.91. The first-order chi connectivity index (χ1) is 15.5. The number of pyridine rings is 1. The largest absolute Gasteiger partial charge is 0.368 e. The van der Waals surface area contributed by atoms with Gasteiger partial charge in [0.2, 0.25) is 5.95 Å². The van der Waals surface area contributed by atoms with Crippen LogP contribution in [0.2, 0.25) is 0 Å². The third kappa shape index (κ3) is 4.41. The summed E-state index contributed by atoms with van der Waals surface area (Å²) in [5.41, 5.74) is 6.91. The van der Waals surface area contributed by atoms with Gasteiger partial charge in [-0.3, -0.25) is 4.98 Å². The molecular weight excluding hydrogens is 533 g/mol. The van der Waals surface area contributed by atoms with Gasteiger partial charge in [-0.15, -0.1) is 0 Å². The summed E-state index contributed by atoms with van der Waals surface area (Å²) in [5.74, 6) is 0.557. The maximum absolute atomic E-state index is 5.53. The van der Waals surface area contributed by atoms with Crippen LogP contribution in [0.1, 0.15) is 11.3 Å². The Kier molecular flexibility index (Phi) is 5.95. The van der Waals surface area contributed by atoms with Crippen molar-refractivity contribution in [1.29, 1.82) is 0 Å². The molecule has 0 amide bonds. The lowest BCUT2D eigenvalue weighted by Gasteiger charge is -2.34. The molecule has 2 N–H and O–H groups in total. The van der Waals surface area contributed by atoms with Crippen molar-refractivity contribution in [2.24, 2.45) is 0 Å². The number of aromatic nitrogens is 3. The zero-order chi connectivity index (χ0) is 22.2. The van der Waals surface area contributed by atoms with Gasteiger partial charge in [0.25, 0.3) is 0 Å². The maximum atomic E-state index is 5.53. The Morgan fingerprint density at radius 1 is 1.09 bits per heavy atom. The second kappa shape index (κ2) is 8.87. The molecule has 4 heterocycles. The molecule has 5 rings (SSSR count). The quantitative estimate of drug-likeness (QED) is 0.366. The standard InChI is InChI=1S/C23H24IN7S/c1-14-19(11-17(13-25-14)31-7-5-30(2)6-8-31)28-23-26-12-15-9-21(32)27-20-10-16(24)3-4-18(20)22(15)29-23/h3-4,10-13H,5-9H2,1-2H3,(H,27,32)(H,26,28,29). The smallest absolute Gasteiger partial charge is 0.227 e. The van der Waals surface area contributed by atoms with Crippen molar-refractivity contribution in [3.8, 4) is 11.3 Å². The molecule has 3 aromatic rings. The molecule has 1 fully saturated rings. The van der Waals surface area contributed by atoms with Gasteiger partial charge in [-0.25, -0.2) is 9.97 Å². The average Bonchev–Trinajstić information content (AvgIpc) is 2.90. The van der Waals surface area contributed by atoms with Crippen LogP contribution in [-0.4, -0.2) is 58.1 Å². The number of nitrogens with zero attached hydrogens (tertiary/aromatic N) is 5. The Balaban J connectivity index is 1.47. The van der Waals surface area contributed by atoms with Crippen LogP contribution in [0.25, 0.3) is 11.3 Å². The zero-order valence-electron chi connectivity index (χ0n) is 18.0. The van der Waals surface area contributed by atoms with Gasteiger partial charge in [0.05, 0.1) is 33.9 Å². The Morgan fingerprint density at radius 2 is 1.91 bits per heavy atom. The number of halogens is 1. The number of rotatable bonds is 3. The number of anilines is 4. The van der Waals surface area contributed by atoms with Crippen LogP contribution in [-0.2, 0) is 6.42 Å². The zero-order valence-corrected chi connectivity index (χ0v) is 21.0. The van der Waals surface area contributed by atoms with Gasteiger partial charge in [0.1, 0.15) is 0 Å². The van der Waals surface area contributed by atoms with Crippen LogP contribution in [0.4, 0.5) is 23.0 Å². The monoisotopic (exact) mass is 557 g/mol. The fourth-order valence-electron chi connectivity index (χ4n) is 4.03. The summed E-state index contributed by atoms with van der Waals surface area (Å²) in [6, 6.07) is 8.42. The van der Waals surface area contributed by atoms with Crippen LogP contribution in [0, 0.1) is 10.5 Å². The molecule has 9 heteroatoms. The lowest BCUT2D eigenvalue weighted by Crippen LogP contribution is -2.44. The highest BCUT2D eigenvalue weighted by Gasteiger charge is 2.20. The van der Waals surface area contributed by atoms with Gasteiger partial charge in [-0.05, 0) is 60.8 Å². The molecule has 7 nitrogen and oxygen atoms in total. The molecule has 2 aliphatic rings. The lowest BCUT2D eigenvalue weighted by atomic mass is 10.1. The number of fused-ring (bicyclic) bond motifs is 3. The number of likely N-dealkylation sites (N-methyl/N-ethyl adjacent to an activating group) is 1. The second-order valence-corrected chi connectivity index (χ2v) is 9.96. The Hall–Kier alpha value is -2.37. The fourth-order valence-corrected chi connectivity index (χ4v) is 4.79. The topological polar surface area (TPSA) is 69.2 Å². The van der Waals surface area contributed by atoms with E-state index >= 15 is 0 Å². The molecule has 2 aromatic heterocycles. The van der Waals surface area contributed by atoms with E-state index in [1.165, 1.54) is 0 Å². The van der Waals surface area contributed by atoms with Crippen molar-refractivity contribution in [1.82, 2.24) is 19.9 Å². The number of nitrogens with one attached hydrogen (secondary N) is 2. The van der Waals surface area contributed by atoms with E-state index in [4.69, 9.17) is 17.2 Å². The summed E-state index contributed by atoms with van der Waals surface area (Å²) in [4.78, 5) is 19.6. The van der Waals surface area contributed by atoms with Crippen molar-refractivity contribution < 1.29 is 0 Å². The van der Waals surface area contributed by atoms with Gasteiger partial charge in [-0.2, -0.15) is 0 Å². The van der Waals surface area contributed by atoms with E-state index in [0.29, 0.717) is 12.4 Å². The summed E-state index contributed by atoms with van der Waals surface area (Å²) < 4.78 is 1.15. The number of piperazine rings is 1. The number of thiocarbonyl (C=S) groups is 1. The summed E-state index contributed by atoms with van der Waals surface area (Å²) in [6.45, 7) is 6.10. The average molecular weight is 557 g/mol. The van der Waals surface area contributed by atoms with Crippen molar-refractivity contribution >= 4 is 62.8 Å². The van der Waals surface area contributed by atoms with Crippen molar-refractivity contribution in [3.05, 3.63) is 51.5 Å². The van der Waals surface area contributed by atoms with Crippen LogP contribution in [0.3, 0.4) is 0 Å². The van der Waals surface area contributed by atoms with E-state index in [9.17, 15) is 0 Å². The molecule has 164 valence electrons. The molecule has 1 aromatic carbocycles. The van der Waals surface area contributed by atoms with Crippen LogP contribution in [0.15, 0.2) is 36.7 Å². The minimum absolute atomic E-state index is 0.557.